The molecule has 1 aromatic carbocycles. The largest absolute Gasteiger partial charge is 0.510 e. The number of amides is 1. The highest BCUT2D eigenvalue weighted by molar-refractivity contribution is 6.25. The number of ketones is 2. The third-order valence-electron chi connectivity index (χ3n) is 8.98. The van der Waals surface area contributed by atoms with Gasteiger partial charge in [0, 0.05) is 56.0 Å². The van der Waals surface area contributed by atoms with Crippen LogP contribution in [0, 0.1) is 11.8 Å². The molecular weight excluding hydrogens is 504 g/mol. The number of phenols is 1. The number of nitrogens with zero attached hydrogens (tertiary/aromatic N) is 3. The molecule has 210 valence electrons. The molecule has 0 saturated heterocycles. The second kappa shape index (κ2) is 8.80. The van der Waals surface area contributed by atoms with E-state index in [0.717, 1.165) is 11.3 Å². The summed E-state index contributed by atoms with van der Waals surface area (Å²) >= 11 is 0. The van der Waals surface area contributed by atoms with Gasteiger partial charge in [0.2, 0.25) is 5.78 Å². The van der Waals surface area contributed by atoms with Gasteiger partial charge in [-0.15, -0.1) is 0 Å². The zero-order valence-corrected chi connectivity index (χ0v) is 23.1. The molecule has 5 rings (SSSR count). The first-order valence-corrected chi connectivity index (χ1v) is 13.1. The van der Waals surface area contributed by atoms with Gasteiger partial charge in [-0.05, 0) is 57.8 Å². The molecule has 0 spiro atoms. The van der Waals surface area contributed by atoms with Crippen molar-refractivity contribution in [2.45, 2.75) is 57.5 Å². The Labute approximate surface area is 226 Å². The maximum absolute atomic E-state index is 14.1. The summed E-state index contributed by atoms with van der Waals surface area (Å²) in [6.45, 7) is 5.19. The van der Waals surface area contributed by atoms with Gasteiger partial charge in [0.15, 0.2) is 11.4 Å². The Balaban J connectivity index is 1.74. The lowest BCUT2D eigenvalue weighted by atomic mass is 9.58. The minimum absolute atomic E-state index is 0.0591. The maximum atomic E-state index is 14.1. The quantitative estimate of drug-likeness (QED) is 0.346. The maximum Gasteiger partial charge on any atom is 0.255 e. The van der Waals surface area contributed by atoms with Gasteiger partial charge < -0.3 is 31.1 Å². The minimum atomic E-state index is -2.64. The fourth-order valence-electron chi connectivity index (χ4n) is 7.18. The average Bonchev–Trinajstić information content (AvgIpc) is 3.26. The summed E-state index contributed by atoms with van der Waals surface area (Å²) in [4.78, 5) is 45.4. The summed E-state index contributed by atoms with van der Waals surface area (Å²) in [6.07, 6.45) is 0.333. The van der Waals surface area contributed by atoms with Gasteiger partial charge in [-0.3, -0.25) is 24.2 Å². The number of rotatable bonds is 4. The second-order valence-electron chi connectivity index (χ2n) is 11.9. The molecule has 1 aliphatic heterocycles. The number of allylic oxidation sites excluding steroid dienone is 1. The van der Waals surface area contributed by atoms with Crippen LogP contribution >= 0.6 is 0 Å². The molecule has 0 radical (unpaired) electrons. The molecule has 1 amide bonds. The van der Waals surface area contributed by atoms with Gasteiger partial charge in [-0.1, -0.05) is 0 Å². The van der Waals surface area contributed by atoms with E-state index in [1.807, 2.05) is 19.0 Å². The normalized spacial score (nSPS) is 28.6. The van der Waals surface area contributed by atoms with Gasteiger partial charge in [0.05, 0.1) is 11.6 Å². The molecule has 39 heavy (non-hydrogen) atoms. The van der Waals surface area contributed by atoms with Crippen molar-refractivity contribution in [2.75, 3.05) is 33.1 Å². The number of aromatic hydroxyl groups is 1. The third-order valence-corrected chi connectivity index (χ3v) is 8.98. The van der Waals surface area contributed by atoms with E-state index in [-0.39, 0.29) is 35.8 Å². The number of aliphatic hydroxyl groups excluding tert-OH is 2. The lowest BCUT2D eigenvalue weighted by Gasteiger charge is -2.50. The van der Waals surface area contributed by atoms with E-state index in [1.54, 1.807) is 19.0 Å². The summed E-state index contributed by atoms with van der Waals surface area (Å²) < 4.78 is 0. The Morgan fingerprint density at radius 2 is 1.67 bits per heavy atom. The van der Waals surface area contributed by atoms with Crippen LogP contribution < -0.4 is 10.6 Å². The van der Waals surface area contributed by atoms with Crippen molar-refractivity contribution in [3.05, 3.63) is 44.9 Å². The first-order valence-electron chi connectivity index (χ1n) is 13.1. The Hall–Kier alpha value is -3.41. The van der Waals surface area contributed by atoms with E-state index in [4.69, 9.17) is 5.73 Å². The molecule has 3 aliphatic carbocycles. The molecule has 0 aromatic heterocycles. The van der Waals surface area contributed by atoms with Crippen LogP contribution in [-0.2, 0) is 29.1 Å². The average molecular weight is 541 g/mol. The monoisotopic (exact) mass is 540 g/mol. The third kappa shape index (κ3) is 3.49. The molecule has 0 bridgehead atoms. The fraction of sp³-hybridized carbons (Fsp3) is 0.536. The number of Topliss-reactive ketones (excluding diaryl/α,β-unsaturated/α-hetero) is 2. The number of primary amides is 1. The standard InChI is InChI=1S/C28H36N4O7/c1-11(2)32-9-14-15(10-32)22(33)18-13(20(14)30(3)4)7-12-8-16-21(31(5)6)24(35)19(27(29)38)26(37)28(16,39)25(36)17(12)23(18)34/h11-12,16,21,33,35-36,39H,7-10H2,1-6H3,(H2,29,38)/t12-,16-,21-,28-/m0/s1. The molecular formula is C28H36N4O7. The molecule has 11 nitrogen and oxygen atoms in total. The summed E-state index contributed by atoms with van der Waals surface area (Å²) in [5.74, 6) is -6.37. The Kier molecular flexibility index (Phi) is 6.13. The van der Waals surface area contributed by atoms with Crippen molar-refractivity contribution in [1.82, 2.24) is 9.80 Å². The smallest absolute Gasteiger partial charge is 0.255 e. The van der Waals surface area contributed by atoms with Gasteiger partial charge >= 0.3 is 0 Å². The van der Waals surface area contributed by atoms with E-state index in [9.17, 15) is 34.8 Å². The van der Waals surface area contributed by atoms with Crippen LogP contribution in [0.2, 0.25) is 0 Å². The number of likely N-dealkylation sites (N-methyl/N-ethyl adjacent to an activating group) is 1. The van der Waals surface area contributed by atoms with Crippen LogP contribution in [0.1, 0.15) is 47.3 Å². The van der Waals surface area contributed by atoms with Crippen LogP contribution in [0.15, 0.2) is 22.7 Å². The van der Waals surface area contributed by atoms with E-state index in [2.05, 4.69) is 18.7 Å². The molecule has 0 saturated carbocycles. The zero-order valence-electron chi connectivity index (χ0n) is 23.1. The number of hydrogen-bond acceptors (Lipinski definition) is 10. The van der Waals surface area contributed by atoms with Gasteiger partial charge in [0.1, 0.15) is 22.8 Å². The molecule has 4 atom stereocenters. The number of carbonyl (C=O) groups is 3. The second-order valence-corrected chi connectivity index (χ2v) is 11.9. The van der Waals surface area contributed by atoms with Crippen LogP contribution in [0.25, 0.3) is 0 Å². The highest BCUT2D eigenvalue weighted by Gasteiger charge is 2.63. The molecule has 0 fully saturated rings. The number of phenolic OH excluding ortho intramolecular Hbond substituents is 1. The van der Waals surface area contributed by atoms with E-state index < -0.39 is 58.0 Å². The van der Waals surface area contributed by atoms with Crippen molar-refractivity contribution in [2.24, 2.45) is 17.6 Å². The first kappa shape index (κ1) is 27.2. The fourth-order valence-corrected chi connectivity index (χ4v) is 7.18. The van der Waals surface area contributed by atoms with Crippen LogP contribution in [0.5, 0.6) is 5.75 Å². The van der Waals surface area contributed by atoms with Crippen molar-refractivity contribution in [3.8, 4) is 5.75 Å². The number of carbonyl (C=O) groups excluding carboxylic acids is 3. The van der Waals surface area contributed by atoms with Crippen molar-refractivity contribution in [3.63, 3.8) is 0 Å². The van der Waals surface area contributed by atoms with Gasteiger partial charge in [-0.2, -0.15) is 0 Å². The highest BCUT2D eigenvalue weighted by Crippen LogP contribution is 2.54. The number of fused-ring (bicyclic) bond motifs is 4. The van der Waals surface area contributed by atoms with Gasteiger partial charge in [-0.25, -0.2) is 0 Å². The summed E-state index contributed by atoms with van der Waals surface area (Å²) in [5, 5.41) is 45.6. The topological polar surface area (TPSA) is 168 Å². The predicted octanol–water partition coefficient (Wildman–Crippen LogP) is 0.911. The lowest BCUT2D eigenvalue weighted by molar-refractivity contribution is -0.148. The molecule has 1 heterocycles. The van der Waals surface area contributed by atoms with Crippen molar-refractivity contribution >= 4 is 23.2 Å². The number of nitrogens with two attached hydrogens (primary N) is 1. The number of benzene rings is 1. The predicted molar refractivity (Wildman–Crippen MR) is 142 cm³/mol. The van der Waals surface area contributed by atoms with Crippen molar-refractivity contribution < 1.29 is 34.8 Å². The molecule has 4 aliphatic rings. The number of hydrogen-bond donors (Lipinski definition) is 5. The van der Waals surface area contributed by atoms with Gasteiger partial charge in [0.25, 0.3) is 5.91 Å². The molecule has 6 N–H and O–H groups in total. The molecule has 0 unspecified atom stereocenters. The minimum Gasteiger partial charge on any atom is -0.510 e. The summed E-state index contributed by atoms with van der Waals surface area (Å²) in [7, 11) is 6.99. The van der Waals surface area contributed by atoms with Crippen LogP contribution in [0.3, 0.4) is 0 Å². The zero-order chi connectivity index (χ0) is 28.9. The number of anilines is 1. The molecule has 11 heteroatoms. The van der Waals surface area contributed by atoms with Crippen molar-refractivity contribution in [1.29, 1.82) is 0 Å². The Bertz CT molecular complexity index is 1390. The highest BCUT2D eigenvalue weighted by atomic mass is 16.3. The van der Waals surface area contributed by atoms with E-state index in [1.165, 1.54) is 0 Å². The summed E-state index contributed by atoms with van der Waals surface area (Å²) in [5.41, 5.74) is 4.95. The van der Waals surface area contributed by atoms with E-state index >= 15 is 0 Å². The Morgan fingerprint density at radius 3 is 2.21 bits per heavy atom. The summed E-state index contributed by atoms with van der Waals surface area (Å²) in [6, 6.07) is -0.809. The Morgan fingerprint density at radius 1 is 1.05 bits per heavy atom. The van der Waals surface area contributed by atoms with Crippen LogP contribution in [0.4, 0.5) is 5.69 Å². The first-order chi connectivity index (χ1) is 18.1. The number of aliphatic hydroxyl groups is 3. The van der Waals surface area contributed by atoms with Crippen LogP contribution in [-0.4, -0.2) is 93.6 Å². The van der Waals surface area contributed by atoms with E-state index in [0.29, 0.717) is 24.2 Å². The molecule has 1 aromatic rings. The lowest BCUT2D eigenvalue weighted by Crippen LogP contribution is -2.63. The SMILES string of the molecule is CC(C)N1Cc2c(O)c3c(c(N(C)C)c2C1)C[C@H]1C[C@H]2[C@H](N(C)C)C(O)=C(C(N)=O)C(=O)[C@@]2(O)C(O)=C1C3=O.